The van der Waals surface area contributed by atoms with Gasteiger partial charge >= 0.3 is 0 Å². The first-order chi connectivity index (χ1) is 7.41. The molecule has 0 saturated heterocycles. The van der Waals surface area contributed by atoms with Gasteiger partial charge in [0, 0.05) is 37.1 Å². The van der Waals surface area contributed by atoms with Crippen molar-refractivity contribution < 1.29 is 4.79 Å². The number of aromatic nitrogens is 1. The predicted molar refractivity (Wildman–Crippen MR) is 64.8 cm³/mol. The number of likely N-dealkylation sites (N-methyl/N-ethyl adjacent to an activating group) is 1. The number of hydrogen-bond acceptors (Lipinski definition) is 3. The first kappa shape index (κ1) is 12.5. The van der Waals surface area contributed by atoms with Crippen LogP contribution in [0.1, 0.15) is 11.3 Å². The Hall–Kier alpha value is -1.55. The zero-order valence-electron chi connectivity index (χ0n) is 9.49. The second-order valence-corrected chi connectivity index (χ2v) is 3.98. The van der Waals surface area contributed by atoms with E-state index in [4.69, 9.17) is 17.3 Å². The number of carbonyl (C=O) groups excluding carboxylic acids is 1. The maximum atomic E-state index is 11.4. The minimum Gasteiger partial charge on any atom is -0.398 e. The van der Waals surface area contributed by atoms with Crippen LogP contribution < -0.4 is 5.73 Å². The van der Waals surface area contributed by atoms with Crippen molar-refractivity contribution in [3.05, 3.63) is 34.6 Å². The van der Waals surface area contributed by atoms with Gasteiger partial charge in [0.1, 0.15) is 5.15 Å². The summed E-state index contributed by atoms with van der Waals surface area (Å²) in [6.07, 6.45) is 1.33. The number of halogens is 1. The first-order valence-corrected chi connectivity index (χ1v) is 5.11. The predicted octanol–water partition coefficient (Wildman–Crippen LogP) is 1.43. The van der Waals surface area contributed by atoms with Crippen molar-refractivity contribution in [2.24, 2.45) is 5.73 Å². The molecule has 0 fully saturated rings. The minimum absolute atomic E-state index is 0.186. The Morgan fingerprint density at radius 2 is 2.12 bits per heavy atom. The van der Waals surface area contributed by atoms with Gasteiger partial charge in [0.05, 0.1) is 0 Å². The summed E-state index contributed by atoms with van der Waals surface area (Å²) in [6, 6.07) is 3.54. The van der Waals surface area contributed by atoms with Gasteiger partial charge in [0.2, 0.25) is 5.91 Å². The van der Waals surface area contributed by atoms with Gasteiger partial charge in [-0.2, -0.15) is 0 Å². The molecule has 1 amide bonds. The van der Waals surface area contributed by atoms with Crippen LogP contribution >= 0.6 is 11.6 Å². The number of carbonyl (C=O) groups is 1. The minimum atomic E-state index is -0.186. The Kier molecular flexibility index (Phi) is 3.90. The molecule has 0 spiro atoms. The highest BCUT2D eigenvalue weighted by Crippen LogP contribution is 2.18. The maximum Gasteiger partial charge on any atom is 0.248 e. The molecule has 1 rings (SSSR count). The number of rotatable bonds is 2. The van der Waals surface area contributed by atoms with Crippen molar-refractivity contribution in [1.82, 2.24) is 9.88 Å². The number of pyridine rings is 1. The number of nitrogens with two attached hydrogens (primary N) is 1. The van der Waals surface area contributed by atoms with Gasteiger partial charge in [-0.25, -0.2) is 4.98 Å². The van der Waals surface area contributed by atoms with E-state index in [1.807, 2.05) is 6.92 Å². The van der Waals surface area contributed by atoms with Gasteiger partial charge in [0.25, 0.3) is 0 Å². The van der Waals surface area contributed by atoms with E-state index >= 15 is 0 Å². The summed E-state index contributed by atoms with van der Waals surface area (Å²) in [5.41, 5.74) is 7.47. The molecule has 0 atom stereocenters. The third kappa shape index (κ3) is 2.97. The lowest BCUT2D eigenvalue weighted by Gasteiger charge is -2.08. The SMILES string of the molecule is Cc1ccc(/C(N)=C/C(=O)N(C)C)c(Cl)n1. The highest BCUT2D eigenvalue weighted by Gasteiger charge is 2.07. The molecule has 0 aromatic carbocycles. The van der Waals surface area contributed by atoms with Gasteiger partial charge in [-0.05, 0) is 19.1 Å². The number of nitrogens with zero attached hydrogens (tertiary/aromatic N) is 2. The van der Waals surface area contributed by atoms with Crippen molar-refractivity contribution >= 4 is 23.2 Å². The van der Waals surface area contributed by atoms with Crippen molar-refractivity contribution in [3.63, 3.8) is 0 Å². The van der Waals surface area contributed by atoms with Crippen LogP contribution in [-0.4, -0.2) is 29.9 Å². The van der Waals surface area contributed by atoms with Crippen LogP contribution in [0.15, 0.2) is 18.2 Å². The second-order valence-electron chi connectivity index (χ2n) is 3.62. The fourth-order valence-corrected chi connectivity index (χ4v) is 1.39. The van der Waals surface area contributed by atoms with Gasteiger partial charge in [-0.15, -0.1) is 0 Å². The average Bonchev–Trinajstić information content (AvgIpc) is 2.16. The van der Waals surface area contributed by atoms with Crippen molar-refractivity contribution in [2.75, 3.05) is 14.1 Å². The molecule has 1 aromatic rings. The number of amides is 1. The summed E-state index contributed by atoms with van der Waals surface area (Å²) in [4.78, 5) is 16.9. The van der Waals surface area contributed by atoms with E-state index in [2.05, 4.69) is 4.98 Å². The maximum absolute atomic E-state index is 11.4. The summed E-state index contributed by atoms with van der Waals surface area (Å²) >= 11 is 5.93. The Morgan fingerprint density at radius 3 is 2.62 bits per heavy atom. The van der Waals surface area contributed by atoms with Crippen LogP contribution in [0, 0.1) is 6.92 Å². The summed E-state index contributed by atoms with van der Waals surface area (Å²) in [6.45, 7) is 1.83. The second kappa shape index (κ2) is 4.99. The number of hydrogen-bond donors (Lipinski definition) is 1. The van der Waals surface area contributed by atoms with Gasteiger partial charge < -0.3 is 10.6 Å². The molecular formula is C11H14ClN3O. The molecule has 4 nitrogen and oxygen atoms in total. The quantitative estimate of drug-likeness (QED) is 0.628. The van der Waals surface area contributed by atoms with Crippen molar-refractivity contribution in [3.8, 4) is 0 Å². The van der Waals surface area contributed by atoms with E-state index in [1.165, 1.54) is 11.0 Å². The lowest BCUT2D eigenvalue weighted by atomic mass is 10.2. The smallest absolute Gasteiger partial charge is 0.248 e. The van der Waals surface area contributed by atoms with Crippen LogP contribution in [-0.2, 0) is 4.79 Å². The molecular weight excluding hydrogens is 226 g/mol. The first-order valence-electron chi connectivity index (χ1n) is 4.74. The molecule has 0 unspecified atom stereocenters. The average molecular weight is 240 g/mol. The number of aryl methyl sites for hydroxylation is 1. The molecule has 86 valence electrons. The van der Waals surface area contributed by atoms with Crippen LogP contribution in [0.4, 0.5) is 0 Å². The Labute approximate surface area is 99.7 Å². The van der Waals surface area contributed by atoms with Crippen molar-refractivity contribution in [2.45, 2.75) is 6.92 Å². The van der Waals surface area contributed by atoms with Crippen LogP contribution in [0.5, 0.6) is 0 Å². The zero-order chi connectivity index (χ0) is 12.3. The van der Waals surface area contributed by atoms with Crippen LogP contribution in [0.25, 0.3) is 5.70 Å². The molecule has 5 heteroatoms. The van der Waals surface area contributed by atoms with E-state index in [9.17, 15) is 4.79 Å². The van der Waals surface area contributed by atoms with Crippen LogP contribution in [0.2, 0.25) is 5.15 Å². The third-order valence-electron chi connectivity index (χ3n) is 2.02. The van der Waals surface area contributed by atoms with Crippen molar-refractivity contribution in [1.29, 1.82) is 0 Å². The molecule has 2 N–H and O–H groups in total. The van der Waals surface area contributed by atoms with E-state index in [0.717, 1.165) is 5.69 Å². The van der Waals surface area contributed by atoms with E-state index < -0.39 is 0 Å². The van der Waals surface area contributed by atoms with Gasteiger partial charge in [0.15, 0.2) is 0 Å². The van der Waals surface area contributed by atoms with Gasteiger partial charge in [-0.1, -0.05) is 11.6 Å². The largest absolute Gasteiger partial charge is 0.398 e. The molecule has 0 aliphatic heterocycles. The summed E-state index contributed by atoms with van der Waals surface area (Å²) in [5.74, 6) is -0.186. The molecule has 0 bridgehead atoms. The fraction of sp³-hybridized carbons (Fsp3) is 0.273. The monoisotopic (exact) mass is 239 g/mol. The molecule has 0 radical (unpaired) electrons. The normalized spacial score (nSPS) is 11.4. The highest BCUT2D eigenvalue weighted by atomic mass is 35.5. The summed E-state index contributed by atoms with van der Waals surface area (Å²) < 4.78 is 0. The lowest BCUT2D eigenvalue weighted by molar-refractivity contribution is -0.123. The standard InChI is InChI=1S/C11H14ClN3O/c1-7-4-5-8(11(12)14-7)9(13)6-10(16)15(2)3/h4-6H,13H2,1-3H3/b9-6-. The molecule has 1 aromatic heterocycles. The Bertz CT molecular complexity index is 441. The zero-order valence-corrected chi connectivity index (χ0v) is 10.2. The van der Waals surface area contributed by atoms with Crippen LogP contribution in [0.3, 0.4) is 0 Å². The van der Waals surface area contributed by atoms with E-state index in [-0.39, 0.29) is 5.91 Å². The lowest BCUT2D eigenvalue weighted by Crippen LogP contribution is -2.20. The van der Waals surface area contributed by atoms with Gasteiger partial charge in [-0.3, -0.25) is 4.79 Å². The van der Waals surface area contributed by atoms with E-state index in [0.29, 0.717) is 16.4 Å². The Morgan fingerprint density at radius 1 is 1.50 bits per heavy atom. The van der Waals surface area contributed by atoms with E-state index in [1.54, 1.807) is 26.2 Å². The molecule has 0 aliphatic rings. The fourth-order valence-electron chi connectivity index (χ4n) is 1.08. The topological polar surface area (TPSA) is 59.2 Å². The highest BCUT2D eigenvalue weighted by molar-refractivity contribution is 6.31. The third-order valence-corrected chi connectivity index (χ3v) is 2.31. The molecule has 0 saturated carbocycles. The summed E-state index contributed by atoms with van der Waals surface area (Å²) in [5, 5.41) is 0.306. The molecule has 0 aliphatic carbocycles. The summed E-state index contributed by atoms with van der Waals surface area (Å²) in [7, 11) is 3.31. The molecule has 16 heavy (non-hydrogen) atoms. The Balaban J connectivity index is 3.05. The molecule has 1 heterocycles.